The Kier molecular flexibility index (Phi) is 3.14. The fourth-order valence-electron chi connectivity index (χ4n) is 1.33. The van der Waals surface area contributed by atoms with Crippen molar-refractivity contribution in [2.24, 2.45) is 5.73 Å². The predicted molar refractivity (Wildman–Crippen MR) is 57.4 cm³/mol. The number of amides is 1. The zero-order chi connectivity index (χ0) is 11.6. The lowest BCUT2D eigenvalue weighted by atomic mass is 10.1. The fraction of sp³-hybridized carbons (Fsp3) is 0.300. The van der Waals surface area contributed by atoms with Gasteiger partial charge >= 0.3 is 0 Å². The molecule has 1 aromatic carbocycles. The Morgan fingerprint density at radius 2 is 2.00 bits per heavy atom. The van der Waals surface area contributed by atoms with Crippen LogP contribution >= 0.6 is 0 Å². The molecule has 0 heterocycles. The molecule has 0 radical (unpaired) electrons. The van der Waals surface area contributed by atoms with E-state index in [1.807, 2.05) is 6.92 Å². The van der Waals surface area contributed by atoms with E-state index in [2.05, 4.69) is 0 Å². The summed E-state index contributed by atoms with van der Waals surface area (Å²) < 4.78 is 22.5. The van der Waals surface area contributed by atoms with Crippen LogP contribution in [-0.4, -0.2) is 20.6 Å². The number of rotatable bonds is 3. The van der Waals surface area contributed by atoms with E-state index < -0.39 is 15.7 Å². The zero-order valence-electron chi connectivity index (χ0n) is 8.65. The second-order valence-electron chi connectivity index (χ2n) is 3.31. The fourth-order valence-corrected chi connectivity index (χ4v) is 2.01. The molecule has 0 aliphatic rings. The molecule has 0 spiro atoms. The van der Waals surface area contributed by atoms with Crippen molar-refractivity contribution in [2.45, 2.75) is 18.2 Å². The maximum atomic E-state index is 11.3. The molecule has 0 aliphatic carbocycles. The average molecular weight is 227 g/mol. The Morgan fingerprint density at radius 3 is 2.40 bits per heavy atom. The highest BCUT2D eigenvalue weighted by molar-refractivity contribution is 7.90. The van der Waals surface area contributed by atoms with Crippen LogP contribution < -0.4 is 5.73 Å². The minimum atomic E-state index is -3.23. The van der Waals surface area contributed by atoms with Crippen LogP contribution in [0.4, 0.5) is 0 Å². The van der Waals surface area contributed by atoms with Crippen molar-refractivity contribution in [1.29, 1.82) is 0 Å². The van der Waals surface area contributed by atoms with E-state index >= 15 is 0 Å². The SMILES string of the molecule is CCc1cc(S(C)(=O)=O)ccc1C(N)=O. The Labute approximate surface area is 89.0 Å². The van der Waals surface area contributed by atoms with Crippen LogP contribution in [0.1, 0.15) is 22.8 Å². The number of aryl methyl sites for hydroxylation is 1. The van der Waals surface area contributed by atoms with Gasteiger partial charge in [0.25, 0.3) is 0 Å². The molecule has 0 saturated carbocycles. The monoisotopic (exact) mass is 227 g/mol. The van der Waals surface area contributed by atoms with Gasteiger partial charge in [0.05, 0.1) is 4.90 Å². The van der Waals surface area contributed by atoms with E-state index in [1.54, 1.807) is 0 Å². The van der Waals surface area contributed by atoms with E-state index in [-0.39, 0.29) is 4.90 Å². The van der Waals surface area contributed by atoms with Crippen molar-refractivity contribution in [3.63, 3.8) is 0 Å². The summed E-state index contributed by atoms with van der Waals surface area (Å²) in [7, 11) is -3.23. The van der Waals surface area contributed by atoms with Crippen LogP contribution in [0.5, 0.6) is 0 Å². The van der Waals surface area contributed by atoms with Crippen molar-refractivity contribution in [3.05, 3.63) is 29.3 Å². The van der Waals surface area contributed by atoms with Crippen LogP contribution in [0.2, 0.25) is 0 Å². The molecular weight excluding hydrogens is 214 g/mol. The van der Waals surface area contributed by atoms with Gasteiger partial charge in [-0.15, -0.1) is 0 Å². The predicted octanol–water partition coefficient (Wildman–Crippen LogP) is 0.751. The topological polar surface area (TPSA) is 77.2 Å². The van der Waals surface area contributed by atoms with E-state index in [9.17, 15) is 13.2 Å². The van der Waals surface area contributed by atoms with Gasteiger partial charge in [-0.25, -0.2) is 8.42 Å². The Morgan fingerprint density at radius 1 is 1.40 bits per heavy atom. The van der Waals surface area contributed by atoms with E-state index in [0.717, 1.165) is 6.26 Å². The first-order valence-electron chi connectivity index (χ1n) is 4.49. The third kappa shape index (κ3) is 2.56. The Hall–Kier alpha value is -1.36. The first-order chi connectivity index (χ1) is 6.86. The van der Waals surface area contributed by atoms with Crippen molar-refractivity contribution in [2.75, 3.05) is 6.26 Å². The standard InChI is InChI=1S/C10H13NO3S/c1-3-7-6-8(15(2,13)14)4-5-9(7)10(11)12/h4-6H,3H2,1-2H3,(H2,11,12). The number of nitrogens with two attached hydrogens (primary N) is 1. The number of carbonyl (C=O) groups excluding carboxylic acids is 1. The summed E-state index contributed by atoms with van der Waals surface area (Å²) in [6.07, 6.45) is 1.70. The maximum Gasteiger partial charge on any atom is 0.248 e. The molecule has 2 N–H and O–H groups in total. The second kappa shape index (κ2) is 4.02. The van der Waals surface area contributed by atoms with Gasteiger partial charge in [0.15, 0.2) is 9.84 Å². The van der Waals surface area contributed by atoms with Gasteiger partial charge < -0.3 is 5.73 Å². The number of sulfone groups is 1. The molecule has 0 unspecified atom stereocenters. The number of benzene rings is 1. The summed E-state index contributed by atoms with van der Waals surface area (Å²) >= 11 is 0. The summed E-state index contributed by atoms with van der Waals surface area (Å²) in [5.74, 6) is -0.535. The van der Waals surface area contributed by atoms with Gasteiger partial charge in [-0.05, 0) is 30.2 Å². The first-order valence-corrected chi connectivity index (χ1v) is 6.38. The Bertz CT molecular complexity index is 491. The molecule has 1 aromatic rings. The molecule has 0 aliphatic heterocycles. The van der Waals surface area contributed by atoms with Crippen molar-refractivity contribution in [1.82, 2.24) is 0 Å². The molecule has 0 atom stereocenters. The zero-order valence-corrected chi connectivity index (χ0v) is 9.47. The van der Waals surface area contributed by atoms with Gasteiger partial charge in [0, 0.05) is 11.8 Å². The summed E-state index contributed by atoms with van der Waals surface area (Å²) in [6.45, 7) is 1.84. The number of hydrogen-bond acceptors (Lipinski definition) is 3. The van der Waals surface area contributed by atoms with E-state index in [4.69, 9.17) is 5.73 Å². The van der Waals surface area contributed by atoms with Gasteiger partial charge in [-0.2, -0.15) is 0 Å². The molecule has 0 aromatic heterocycles. The highest BCUT2D eigenvalue weighted by atomic mass is 32.2. The molecular formula is C10H13NO3S. The van der Waals surface area contributed by atoms with Crippen molar-refractivity contribution >= 4 is 15.7 Å². The lowest BCUT2D eigenvalue weighted by Gasteiger charge is -2.06. The minimum absolute atomic E-state index is 0.212. The molecule has 0 fully saturated rings. The molecule has 82 valence electrons. The van der Waals surface area contributed by atoms with Crippen LogP contribution in [0.15, 0.2) is 23.1 Å². The van der Waals surface area contributed by atoms with Crippen molar-refractivity contribution in [3.8, 4) is 0 Å². The smallest absolute Gasteiger partial charge is 0.248 e. The first kappa shape index (κ1) is 11.7. The second-order valence-corrected chi connectivity index (χ2v) is 5.32. The quantitative estimate of drug-likeness (QED) is 0.827. The Balaban J connectivity index is 3.38. The van der Waals surface area contributed by atoms with Gasteiger partial charge in [0.2, 0.25) is 5.91 Å². The van der Waals surface area contributed by atoms with Gasteiger partial charge in [-0.3, -0.25) is 4.79 Å². The number of carbonyl (C=O) groups is 1. The summed E-state index contributed by atoms with van der Waals surface area (Å²) in [6, 6.07) is 4.35. The molecule has 1 amide bonds. The third-order valence-corrected chi connectivity index (χ3v) is 3.26. The highest BCUT2D eigenvalue weighted by Gasteiger charge is 2.12. The van der Waals surface area contributed by atoms with Crippen molar-refractivity contribution < 1.29 is 13.2 Å². The number of hydrogen-bond donors (Lipinski definition) is 1. The third-order valence-electron chi connectivity index (χ3n) is 2.15. The van der Waals surface area contributed by atoms with Crippen LogP contribution in [0.25, 0.3) is 0 Å². The lowest BCUT2D eigenvalue weighted by Crippen LogP contribution is -2.14. The average Bonchev–Trinajstić information content (AvgIpc) is 2.15. The molecule has 4 nitrogen and oxygen atoms in total. The number of primary amides is 1. The van der Waals surface area contributed by atoms with E-state index in [0.29, 0.717) is 17.5 Å². The van der Waals surface area contributed by atoms with Crippen LogP contribution in [-0.2, 0) is 16.3 Å². The largest absolute Gasteiger partial charge is 0.366 e. The molecule has 0 bridgehead atoms. The molecule has 5 heteroatoms. The maximum absolute atomic E-state index is 11.3. The van der Waals surface area contributed by atoms with Gasteiger partial charge in [0.1, 0.15) is 0 Å². The molecule has 15 heavy (non-hydrogen) atoms. The summed E-state index contributed by atoms with van der Waals surface area (Å²) in [5, 5.41) is 0. The van der Waals surface area contributed by atoms with Crippen LogP contribution in [0.3, 0.4) is 0 Å². The van der Waals surface area contributed by atoms with Gasteiger partial charge in [-0.1, -0.05) is 6.92 Å². The molecule has 1 rings (SSSR count). The summed E-state index contributed by atoms with van der Waals surface area (Å²) in [4.78, 5) is 11.2. The summed E-state index contributed by atoms with van der Waals surface area (Å²) in [5.41, 5.74) is 6.20. The lowest BCUT2D eigenvalue weighted by molar-refractivity contribution is 0.0999. The minimum Gasteiger partial charge on any atom is -0.366 e. The van der Waals surface area contributed by atoms with Crippen LogP contribution in [0, 0.1) is 0 Å². The van der Waals surface area contributed by atoms with E-state index in [1.165, 1.54) is 18.2 Å². The molecule has 0 saturated heterocycles. The normalized spacial score (nSPS) is 11.3. The highest BCUT2D eigenvalue weighted by Crippen LogP contribution is 2.16.